The molecule has 0 saturated carbocycles. The molecule has 1 atom stereocenters. The summed E-state index contributed by atoms with van der Waals surface area (Å²) in [5.74, 6) is 0.599. The van der Waals surface area contributed by atoms with Crippen molar-refractivity contribution in [2.24, 2.45) is 5.92 Å². The predicted octanol–water partition coefficient (Wildman–Crippen LogP) is 3.07. The van der Waals surface area contributed by atoms with Gasteiger partial charge in [-0.1, -0.05) is 20.3 Å². The molecule has 0 bridgehead atoms. The van der Waals surface area contributed by atoms with E-state index in [2.05, 4.69) is 33.5 Å². The fraction of sp³-hybridized carbons (Fsp3) is 1.00. The highest BCUT2D eigenvalue weighted by Gasteiger charge is 2.13. The second-order valence-electron chi connectivity index (χ2n) is 10.7. The van der Waals surface area contributed by atoms with Crippen LogP contribution in [0.2, 0.25) is 19.6 Å². The van der Waals surface area contributed by atoms with E-state index in [4.69, 9.17) is 56.5 Å². The molecule has 0 aliphatic heterocycles. The fourth-order valence-electron chi connectivity index (χ4n) is 3.01. The quantitative estimate of drug-likeness (QED) is 0.0732. The molecule has 43 heavy (non-hydrogen) atoms. The maximum atomic E-state index is 5.72. The molecule has 0 fully saturated rings. The van der Waals surface area contributed by atoms with Crippen LogP contribution in [-0.4, -0.2) is 160 Å². The highest BCUT2D eigenvalue weighted by molar-refractivity contribution is 6.69. The molecule has 0 radical (unpaired) electrons. The van der Waals surface area contributed by atoms with E-state index < -0.39 is 8.32 Å². The summed E-state index contributed by atoms with van der Waals surface area (Å²) in [5, 5.41) is 0. The normalized spacial score (nSPS) is 12.8. The van der Waals surface area contributed by atoms with Gasteiger partial charge < -0.3 is 56.5 Å². The smallest absolute Gasteiger partial charge is 0.183 e. The van der Waals surface area contributed by atoms with Crippen LogP contribution in [0.15, 0.2) is 0 Å². The minimum absolute atomic E-state index is 0.520. The summed E-state index contributed by atoms with van der Waals surface area (Å²) in [4.78, 5) is 0. The van der Waals surface area contributed by atoms with Crippen molar-refractivity contribution in [2.45, 2.75) is 39.9 Å². The molecule has 0 saturated heterocycles. The molecule has 0 amide bonds. The molecule has 0 heterocycles. The Kier molecular flexibility index (Phi) is 34.4. The molecule has 0 aromatic carbocycles. The lowest BCUT2D eigenvalue weighted by molar-refractivity contribution is -0.0280. The lowest BCUT2D eigenvalue weighted by Crippen LogP contribution is -2.27. The van der Waals surface area contributed by atoms with Gasteiger partial charge in [0.2, 0.25) is 0 Å². The first-order valence-electron chi connectivity index (χ1n) is 15.9. The van der Waals surface area contributed by atoms with E-state index >= 15 is 0 Å². The molecular formula is C30H64O12Si. The lowest BCUT2D eigenvalue weighted by atomic mass is 10.1. The Bertz CT molecular complexity index is 528. The van der Waals surface area contributed by atoms with Gasteiger partial charge in [-0.05, 0) is 25.6 Å². The van der Waals surface area contributed by atoms with Gasteiger partial charge in [0.15, 0.2) is 8.32 Å². The van der Waals surface area contributed by atoms with Gasteiger partial charge in [-0.15, -0.1) is 0 Å². The zero-order chi connectivity index (χ0) is 31.5. The monoisotopic (exact) mass is 644 g/mol. The minimum Gasteiger partial charge on any atom is -0.415 e. The van der Waals surface area contributed by atoms with Crippen molar-refractivity contribution in [1.82, 2.24) is 0 Å². The summed E-state index contributed by atoms with van der Waals surface area (Å²) in [5.41, 5.74) is 0. The van der Waals surface area contributed by atoms with Crippen LogP contribution >= 0.6 is 0 Å². The van der Waals surface area contributed by atoms with Crippen molar-refractivity contribution in [3.8, 4) is 0 Å². The summed E-state index contributed by atoms with van der Waals surface area (Å²) in [7, 11) is -1.45. The largest absolute Gasteiger partial charge is 0.415 e. The third-order valence-corrected chi connectivity index (χ3v) is 6.65. The lowest BCUT2D eigenvalue weighted by Gasteiger charge is -2.16. The van der Waals surface area contributed by atoms with E-state index in [1.54, 1.807) is 0 Å². The van der Waals surface area contributed by atoms with Gasteiger partial charge in [0.1, 0.15) is 0 Å². The van der Waals surface area contributed by atoms with E-state index in [1.807, 2.05) is 0 Å². The summed E-state index contributed by atoms with van der Waals surface area (Å²) in [6, 6.07) is 0. The Hall–Kier alpha value is -0.263. The van der Waals surface area contributed by atoms with Crippen LogP contribution in [0.4, 0.5) is 0 Å². The van der Waals surface area contributed by atoms with Crippen molar-refractivity contribution in [3.63, 3.8) is 0 Å². The summed E-state index contributed by atoms with van der Waals surface area (Å²) in [6.45, 7) is 23.7. The molecule has 1 unspecified atom stereocenters. The fourth-order valence-corrected chi connectivity index (χ4v) is 3.70. The molecule has 0 spiro atoms. The highest BCUT2D eigenvalue weighted by Crippen LogP contribution is 2.01. The van der Waals surface area contributed by atoms with Gasteiger partial charge in [0.25, 0.3) is 0 Å². The molecular weight excluding hydrogens is 580 g/mol. The Morgan fingerprint density at radius 1 is 0.349 bits per heavy atom. The maximum Gasteiger partial charge on any atom is 0.183 e. The molecule has 0 N–H and O–H groups in total. The number of hydrogen-bond acceptors (Lipinski definition) is 12. The Morgan fingerprint density at radius 3 is 0.767 bits per heavy atom. The summed E-state index contributed by atoms with van der Waals surface area (Å²) in [6.07, 6.45) is 1.13. The Labute approximate surface area is 262 Å². The Balaban J connectivity index is 3.06. The Morgan fingerprint density at radius 2 is 0.558 bits per heavy atom. The molecule has 12 nitrogen and oxygen atoms in total. The minimum atomic E-state index is -1.45. The average Bonchev–Trinajstić information content (AvgIpc) is 2.98. The third kappa shape index (κ3) is 39.7. The van der Waals surface area contributed by atoms with Crippen molar-refractivity contribution >= 4 is 8.32 Å². The van der Waals surface area contributed by atoms with E-state index in [0.29, 0.717) is 151 Å². The van der Waals surface area contributed by atoms with E-state index in [1.165, 1.54) is 0 Å². The van der Waals surface area contributed by atoms with Gasteiger partial charge in [-0.25, -0.2) is 0 Å². The highest BCUT2D eigenvalue weighted by atomic mass is 28.4. The summed E-state index contributed by atoms with van der Waals surface area (Å²) >= 11 is 0. The first-order valence-corrected chi connectivity index (χ1v) is 19.4. The van der Waals surface area contributed by atoms with Gasteiger partial charge in [0.05, 0.1) is 145 Å². The number of hydrogen-bond donors (Lipinski definition) is 0. The van der Waals surface area contributed by atoms with Crippen molar-refractivity contribution in [1.29, 1.82) is 0 Å². The van der Waals surface area contributed by atoms with Crippen LogP contribution in [-0.2, 0) is 56.5 Å². The average molecular weight is 645 g/mol. The second-order valence-corrected chi connectivity index (χ2v) is 15.2. The number of ether oxygens (including phenoxy) is 11. The van der Waals surface area contributed by atoms with E-state index in [9.17, 15) is 0 Å². The van der Waals surface area contributed by atoms with Crippen molar-refractivity contribution in [2.75, 3.05) is 152 Å². The zero-order valence-corrected chi connectivity index (χ0v) is 28.9. The molecule has 0 aliphatic carbocycles. The van der Waals surface area contributed by atoms with Crippen LogP contribution in [0.5, 0.6) is 0 Å². The first kappa shape index (κ1) is 42.7. The van der Waals surface area contributed by atoms with Gasteiger partial charge in [0, 0.05) is 6.61 Å². The first-order chi connectivity index (χ1) is 21.0. The number of rotatable bonds is 37. The summed E-state index contributed by atoms with van der Waals surface area (Å²) < 4.78 is 66.0. The van der Waals surface area contributed by atoms with Crippen LogP contribution in [0, 0.1) is 5.92 Å². The van der Waals surface area contributed by atoms with E-state index in [-0.39, 0.29) is 0 Å². The van der Waals surface area contributed by atoms with Gasteiger partial charge in [-0.2, -0.15) is 0 Å². The standard InChI is InChI=1S/C30H64O12Si/c1-6-30(2)29-41-26-25-39-22-21-37-18-17-35-14-13-33-10-9-31-7-8-32-11-12-34-15-16-36-19-20-38-23-24-40-27-28-42-43(3,4)5/h30H,6-29H2,1-5H3. The predicted molar refractivity (Wildman–Crippen MR) is 168 cm³/mol. The SMILES string of the molecule is CCC(C)COCCOCCOCCOCCOCCOCCOCCOCCOCCOCCOCCO[Si](C)(C)C. The molecule has 13 heteroatoms. The maximum absolute atomic E-state index is 5.72. The van der Waals surface area contributed by atoms with Crippen molar-refractivity contribution < 1.29 is 56.5 Å². The topological polar surface area (TPSA) is 111 Å². The van der Waals surface area contributed by atoms with Gasteiger partial charge >= 0.3 is 0 Å². The molecule has 0 aromatic heterocycles. The van der Waals surface area contributed by atoms with Crippen LogP contribution in [0.25, 0.3) is 0 Å². The van der Waals surface area contributed by atoms with E-state index in [0.717, 1.165) is 13.0 Å². The van der Waals surface area contributed by atoms with Gasteiger partial charge in [-0.3, -0.25) is 0 Å². The van der Waals surface area contributed by atoms with Crippen molar-refractivity contribution in [3.05, 3.63) is 0 Å². The second kappa shape index (κ2) is 34.6. The molecule has 0 rings (SSSR count). The molecule has 260 valence electrons. The molecule has 0 aliphatic rings. The molecule has 0 aromatic rings. The van der Waals surface area contributed by atoms with Crippen LogP contribution in [0.1, 0.15) is 20.3 Å². The van der Waals surface area contributed by atoms with Crippen LogP contribution in [0.3, 0.4) is 0 Å². The zero-order valence-electron chi connectivity index (χ0n) is 27.9. The van der Waals surface area contributed by atoms with Crippen LogP contribution < -0.4 is 0 Å². The third-order valence-electron chi connectivity index (χ3n) is 5.58.